The molecule has 0 spiro atoms. The molecule has 3 aliphatic heterocycles. The molecule has 206 valence electrons. The summed E-state index contributed by atoms with van der Waals surface area (Å²) in [6.07, 6.45) is 0.449. The van der Waals surface area contributed by atoms with Gasteiger partial charge in [-0.1, -0.05) is 17.9 Å². The molecule has 3 heterocycles. The number of hydrogen-bond donors (Lipinski definition) is 1. The van der Waals surface area contributed by atoms with Gasteiger partial charge in [-0.05, 0) is 30.2 Å². The lowest BCUT2D eigenvalue weighted by molar-refractivity contribution is -0.385. The second-order valence-electron chi connectivity index (χ2n) is 9.59. The highest BCUT2D eigenvalue weighted by molar-refractivity contribution is 6.05. The Labute approximate surface area is 229 Å². The van der Waals surface area contributed by atoms with E-state index in [9.17, 15) is 29.3 Å². The first-order valence-electron chi connectivity index (χ1n) is 12.8. The summed E-state index contributed by atoms with van der Waals surface area (Å²) in [6, 6.07) is 8.55. The van der Waals surface area contributed by atoms with E-state index in [1.807, 2.05) is 6.07 Å². The Hall–Kier alpha value is -4.76. The third-order valence-corrected chi connectivity index (χ3v) is 7.20. The first kappa shape index (κ1) is 26.8. The standard InChI is InChI=1S/C28H26N4O8/c1-39-24-15-18(6-8-22(24)32(37)38)27(35)30-12-11-19(40-14-13-30)7-5-17-3-2-4-20-21(17)16-31(28(20)36)23-9-10-25(33)29-26(23)34/h2-4,6,8,15,19,23H,9-14,16H2,1H3,(H,29,33,34)/t19-,23?/m0/s1. The molecule has 12 heteroatoms. The summed E-state index contributed by atoms with van der Waals surface area (Å²) in [7, 11) is 1.31. The van der Waals surface area contributed by atoms with E-state index in [-0.39, 0.29) is 60.7 Å². The predicted octanol–water partition coefficient (Wildman–Crippen LogP) is 1.65. The van der Waals surface area contributed by atoms with Gasteiger partial charge >= 0.3 is 5.69 Å². The average molecular weight is 547 g/mol. The van der Waals surface area contributed by atoms with Gasteiger partial charge < -0.3 is 19.3 Å². The fourth-order valence-corrected chi connectivity index (χ4v) is 5.10. The smallest absolute Gasteiger partial charge is 0.310 e. The maximum atomic E-state index is 13.1. The zero-order chi connectivity index (χ0) is 28.4. The molecular weight excluding hydrogens is 520 g/mol. The van der Waals surface area contributed by atoms with E-state index < -0.39 is 23.0 Å². The van der Waals surface area contributed by atoms with Gasteiger partial charge in [0.05, 0.1) is 18.6 Å². The number of nitrogens with zero attached hydrogens (tertiary/aromatic N) is 3. The second kappa shape index (κ2) is 11.2. The summed E-state index contributed by atoms with van der Waals surface area (Å²) >= 11 is 0. The first-order valence-corrected chi connectivity index (χ1v) is 12.8. The average Bonchev–Trinajstić information content (AvgIpc) is 3.11. The van der Waals surface area contributed by atoms with Crippen LogP contribution in [0.1, 0.15) is 51.1 Å². The number of amides is 4. The van der Waals surface area contributed by atoms with Crippen LogP contribution in [-0.4, -0.2) is 77.3 Å². The quantitative estimate of drug-likeness (QED) is 0.263. The van der Waals surface area contributed by atoms with Crippen molar-refractivity contribution in [3.63, 3.8) is 0 Å². The Balaban J connectivity index is 1.26. The van der Waals surface area contributed by atoms with Crippen molar-refractivity contribution in [3.8, 4) is 17.6 Å². The van der Waals surface area contributed by atoms with E-state index >= 15 is 0 Å². The Morgan fingerprint density at radius 1 is 1.18 bits per heavy atom. The van der Waals surface area contributed by atoms with Crippen LogP contribution in [0.2, 0.25) is 0 Å². The molecule has 40 heavy (non-hydrogen) atoms. The largest absolute Gasteiger partial charge is 0.490 e. The van der Waals surface area contributed by atoms with Gasteiger partial charge in [0.25, 0.3) is 11.8 Å². The van der Waals surface area contributed by atoms with Crippen LogP contribution in [0.15, 0.2) is 36.4 Å². The van der Waals surface area contributed by atoms with E-state index in [0.717, 1.165) is 5.56 Å². The number of fused-ring (bicyclic) bond motifs is 1. The van der Waals surface area contributed by atoms with E-state index in [1.54, 1.807) is 17.0 Å². The van der Waals surface area contributed by atoms with Crippen LogP contribution in [-0.2, 0) is 20.9 Å². The van der Waals surface area contributed by atoms with Crippen LogP contribution in [0.3, 0.4) is 0 Å². The maximum absolute atomic E-state index is 13.1. The van der Waals surface area contributed by atoms with Gasteiger partial charge in [0, 0.05) is 61.3 Å². The molecule has 0 aromatic heterocycles. The molecule has 0 aliphatic carbocycles. The zero-order valence-corrected chi connectivity index (χ0v) is 21.7. The Morgan fingerprint density at radius 2 is 2.00 bits per heavy atom. The van der Waals surface area contributed by atoms with Gasteiger partial charge in [-0.15, -0.1) is 0 Å². The highest BCUT2D eigenvalue weighted by atomic mass is 16.6. The Morgan fingerprint density at radius 3 is 2.75 bits per heavy atom. The van der Waals surface area contributed by atoms with Gasteiger partial charge in [-0.25, -0.2) is 0 Å². The number of nitro benzene ring substituents is 1. The van der Waals surface area contributed by atoms with Crippen molar-refractivity contribution in [2.75, 3.05) is 26.8 Å². The first-order chi connectivity index (χ1) is 19.3. The number of carbonyl (C=O) groups excluding carboxylic acids is 4. The van der Waals surface area contributed by atoms with Crippen LogP contribution < -0.4 is 10.1 Å². The maximum Gasteiger partial charge on any atom is 0.310 e. The number of piperidine rings is 1. The minimum absolute atomic E-state index is 0.00992. The van der Waals surface area contributed by atoms with Gasteiger partial charge in [0.15, 0.2) is 5.75 Å². The highest BCUT2D eigenvalue weighted by Gasteiger charge is 2.39. The number of benzene rings is 2. The second-order valence-corrected chi connectivity index (χ2v) is 9.59. The molecule has 12 nitrogen and oxygen atoms in total. The molecular formula is C28H26N4O8. The Kier molecular flexibility index (Phi) is 7.48. The highest BCUT2D eigenvalue weighted by Crippen LogP contribution is 2.30. The molecule has 2 aromatic carbocycles. The van der Waals surface area contributed by atoms with Crippen molar-refractivity contribution in [1.29, 1.82) is 0 Å². The van der Waals surface area contributed by atoms with E-state index in [4.69, 9.17) is 9.47 Å². The summed E-state index contributed by atoms with van der Waals surface area (Å²) in [5, 5.41) is 13.5. The van der Waals surface area contributed by atoms with E-state index in [1.165, 1.54) is 30.2 Å². The van der Waals surface area contributed by atoms with Crippen molar-refractivity contribution >= 4 is 29.3 Å². The molecule has 2 saturated heterocycles. The molecule has 2 fully saturated rings. The number of nitrogens with one attached hydrogen (secondary N) is 1. The monoisotopic (exact) mass is 546 g/mol. The Bertz CT molecular complexity index is 1480. The number of ether oxygens (including phenoxy) is 2. The van der Waals surface area contributed by atoms with E-state index in [0.29, 0.717) is 30.6 Å². The molecule has 2 atom stereocenters. The number of carbonyl (C=O) groups is 4. The molecule has 2 aromatic rings. The SMILES string of the molecule is COc1cc(C(=O)N2CCO[C@@H](C#Cc3cccc4c3CN(C3CCC(=O)NC3=O)C4=O)CC2)ccc1[N+](=O)[O-]. The summed E-state index contributed by atoms with van der Waals surface area (Å²) in [5.74, 6) is 4.87. The summed E-state index contributed by atoms with van der Waals surface area (Å²) in [5.41, 5.74) is 1.91. The fraction of sp³-hybridized carbons (Fsp3) is 0.357. The number of imide groups is 1. The molecule has 1 unspecified atom stereocenters. The van der Waals surface area contributed by atoms with E-state index in [2.05, 4.69) is 17.2 Å². The molecule has 4 amide bonds. The van der Waals surface area contributed by atoms with Crippen molar-refractivity contribution < 1.29 is 33.6 Å². The van der Waals surface area contributed by atoms with Crippen LogP contribution in [0.25, 0.3) is 0 Å². The topological polar surface area (TPSA) is 148 Å². The molecule has 1 N–H and O–H groups in total. The van der Waals surface area contributed by atoms with Crippen molar-refractivity contribution in [2.45, 2.75) is 38.0 Å². The fourth-order valence-electron chi connectivity index (χ4n) is 5.10. The third-order valence-electron chi connectivity index (χ3n) is 7.20. The van der Waals surface area contributed by atoms with Gasteiger partial charge in [-0.3, -0.25) is 34.6 Å². The number of hydrogen-bond acceptors (Lipinski definition) is 8. The predicted molar refractivity (Wildman–Crippen MR) is 139 cm³/mol. The van der Waals surface area contributed by atoms with Crippen LogP contribution in [0, 0.1) is 22.0 Å². The van der Waals surface area contributed by atoms with Crippen LogP contribution >= 0.6 is 0 Å². The van der Waals surface area contributed by atoms with Gasteiger partial charge in [0.2, 0.25) is 11.8 Å². The molecule has 0 bridgehead atoms. The van der Waals surface area contributed by atoms with Crippen molar-refractivity contribution in [3.05, 3.63) is 68.8 Å². The summed E-state index contributed by atoms with van der Waals surface area (Å²) in [6.45, 7) is 1.17. The van der Waals surface area contributed by atoms with Crippen molar-refractivity contribution in [2.24, 2.45) is 0 Å². The minimum Gasteiger partial charge on any atom is -0.490 e. The lowest BCUT2D eigenvalue weighted by Crippen LogP contribution is -2.52. The lowest BCUT2D eigenvalue weighted by Gasteiger charge is -2.29. The number of methoxy groups -OCH3 is 1. The van der Waals surface area contributed by atoms with Gasteiger partial charge in [-0.2, -0.15) is 0 Å². The molecule has 3 aliphatic rings. The molecule has 0 saturated carbocycles. The molecule has 5 rings (SSSR count). The minimum atomic E-state index is -0.706. The van der Waals surface area contributed by atoms with Crippen LogP contribution in [0.5, 0.6) is 5.75 Å². The van der Waals surface area contributed by atoms with Crippen molar-refractivity contribution in [1.82, 2.24) is 15.1 Å². The third kappa shape index (κ3) is 5.23. The summed E-state index contributed by atoms with van der Waals surface area (Å²) < 4.78 is 11.0. The number of nitro groups is 1. The van der Waals surface area contributed by atoms with Gasteiger partial charge in [0.1, 0.15) is 12.1 Å². The summed E-state index contributed by atoms with van der Waals surface area (Å²) in [4.78, 5) is 63.7. The molecule has 0 radical (unpaired) electrons. The zero-order valence-electron chi connectivity index (χ0n) is 21.7. The van der Waals surface area contributed by atoms with Crippen LogP contribution in [0.4, 0.5) is 5.69 Å². The normalized spacial score (nSPS) is 20.7. The lowest BCUT2D eigenvalue weighted by atomic mass is 10.0. The number of rotatable bonds is 4.